The van der Waals surface area contributed by atoms with E-state index in [-0.39, 0.29) is 29.6 Å². The third-order valence-corrected chi connectivity index (χ3v) is 2.89. The number of nitrogens with zero attached hydrogens (tertiary/aromatic N) is 2. The van der Waals surface area contributed by atoms with E-state index in [0.29, 0.717) is 24.9 Å². The monoisotopic (exact) mass is 408 g/mol. The first kappa shape index (κ1) is 19.9. The largest absolute Gasteiger partial charge is 0.481 e. The molecule has 6 nitrogen and oxygen atoms in total. The predicted molar refractivity (Wildman–Crippen MR) is 95.5 cm³/mol. The second-order valence-corrected chi connectivity index (χ2v) is 4.91. The molecule has 0 fully saturated rings. The fraction of sp³-hybridized carbons (Fsp3) is 0.571. The maximum atomic E-state index is 5.35. The molecular formula is C14H25IN4O2. The van der Waals surface area contributed by atoms with Gasteiger partial charge in [-0.25, -0.2) is 4.98 Å². The molecule has 0 saturated heterocycles. The zero-order valence-electron chi connectivity index (χ0n) is 13.3. The molecule has 2 N–H and O–H groups in total. The summed E-state index contributed by atoms with van der Waals surface area (Å²) in [5, 5.41) is 6.41. The van der Waals surface area contributed by atoms with Crippen LogP contribution in [0.15, 0.2) is 23.2 Å². The zero-order chi connectivity index (χ0) is 15.0. The van der Waals surface area contributed by atoms with Crippen molar-refractivity contribution in [3.63, 3.8) is 0 Å². The Labute approximate surface area is 143 Å². The average Bonchev–Trinajstić information content (AvgIpc) is 2.47. The number of ether oxygens (including phenoxy) is 2. The number of nitrogens with one attached hydrogen (secondary N) is 2. The van der Waals surface area contributed by atoms with Gasteiger partial charge in [0, 0.05) is 26.8 Å². The highest BCUT2D eigenvalue weighted by molar-refractivity contribution is 14.0. The Balaban J connectivity index is 0.00000400. The summed E-state index contributed by atoms with van der Waals surface area (Å²) in [5.74, 6) is 1.31. The van der Waals surface area contributed by atoms with Gasteiger partial charge in [-0.05, 0) is 19.9 Å². The smallest absolute Gasteiger partial charge is 0.213 e. The Morgan fingerprint density at radius 3 is 2.57 bits per heavy atom. The summed E-state index contributed by atoms with van der Waals surface area (Å²) >= 11 is 0. The molecule has 1 aromatic rings. The maximum Gasteiger partial charge on any atom is 0.213 e. The van der Waals surface area contributed by atoms with Gasteiger partial charge in [0.15, 0.2) is 5.96 Å². The summed E-state index contributed by atoms with van der Waals surface area (Å²) in [7, 11) is 5.03. The van der Waals surface area contributed by atoms with Crippen molar-refractivity contribution in [2.75, 3.05) is 27.8 Å². The molecule has 0 aliphatic rings. The molecule has 0 aliphatic carbocycles. The number of methoxy groups -OCH3 is 2. The van der Waals surface area contributed by atoms with Gasteiger partial charge in [0.25, 0.3) is 0 Å². The lowest BCUT2D eigenvalue weighted by molar-refractivity contribution is 0.0268. The minimum absolute atomic E-state index is 0. The number of pyridine rings is 1. The summed E-state index contributed by atoms with van der Waals surface area (Å²) in [6.45, 7) is 5.26. The van der Waals surface area contributed by atoms with Crippen molar-refractivity contribution >= 4 is 29.9 Å². The van der Waals surface area contributed by atoms with E-state index < -0.39 is 0 Å². The second-order valence-electron chi connectivity index (χ2n) is 4.91. The standard InChI is InChI=1S/C14H24N4O2.HI/c1-14(2,20-5)10-17-13(15-3)16-9-11-7-6-8-12(18-11)19-4;/h6-8H,9-10H2,1-5H3,(H2,15,16,17);1H. The lowest BCUT2D eigenvalue weighted by Crippen LogP contribution is -2.45. The first-order chi connectivity index (χ1) is 9.50. The molecule has 0 radical (unpaired) electrons. The van der Waals surface area contributed by atoms with Gasteiger partial charge >= 0.3 is 0 Å². The van der Waals surface area contributed by atoms with Crippen molar-refractivity contribution in [1.82, 2.24) is 15.6 Å². The highest BCUT2D eigenvalue weighted by Crippen LogP contribution is 2.06. The molecular weight excluding hydrogens is 383 g/mol. The van der Waals surface area contributed by atoms with Crippen LogP contribution in [0.5, 0.6) is 5.88 Å². The van der Waals surface area contributed by atoms with Crippen LogP contribution in [0.25, 0.3) is 0 Å². The van der Waals surface area contributed by atoms with E-state index in [1.807, 2.05) is 32.0 Å². The molecule has 0 amide bonds. The molecule has 0 aliphatic heterocycles. The third-order valence-electron chi connectivity index (χ3n) is 2.89. The van der Waals surface area contributed by atoms with Gasteiger partial charge in [-0.15, -0.1) is 24.0 Å². The van der Waals surface area contributed by atoms with Gasteiger partial charge in [-0.1, -0.05) is 6.07 Å². The summed E-state index contributed by atoms with van der Waals surface area (Å²) in [5.41, 5.74) is 0.643. The SMILES string of the molecule is CN=C(NCc1cccc(OC)n1)NCC(C)(C)OC.I. The first-order valence-corrected chi connectivity index (χ1v) is 6.50. The van der Waals surface area contributed by atoms with Crippen molar-refractivity contribution in [2.45, 2.75) is 26.0 Å². The number of rotatable bonds is 6. The number of hydrogen-bond donors (Lipinski definition) is 2. The molecule has 21 heavy (non-hydrogen) atoms. The quantitative estimate of drug-likeness (QED) is 0.427. The first-order valence-electron chi connectivity index (χ1n) is 6.50. The van der Waals surface area contributed by atoms with Crippen LogP contribution in [-0.4, -0.2) is 44.4 Å². The van der Waals surface area contributed by atoms with Crippen LogP contribution in [-0.2, 0) is 11.3 Å². The fourth-order valence-corrected chi connectivity index (χ4v) is 1.43. The Bertz CT molecular complexity index is 452. The van der Waals surface area contributed by atoms with E-state index in [1.54, 1.807) is 21.3 Å². The molecule has 0 saturated carbocycles. The van der Waals surface area contributed by atoms with Gasteiger partial charge in [-0.3, -0.25) is 4.99 Å². The highest BCUT2D eigenvalue weighted by atomic mass is 127. The normalized spacial score (nSPS) is 11.6. The van der Waals surface area contributed by atoms with E-state index in [1.165, 1.54) is 0 Å². The Hall–Kier alpha value is -1.09. The van der Waals surface area contributed by atoms with Gasteiger partial charge in [0.05, 0.1) is 24.9 Å². The summed E-state index contributed by atoms with van der Waals surface area (Å²) in [4.78, 5) is 8.49. The third kappa shape index (κ3) is 7.47. The van der Waals surface area contributed by atoms with Gasteiger partial charge in [0.1, 0.15) is 0 Å². The lowest BCUT2D eigenvalue weighted by Gasteiger charge is -2.24. The topological polar surface area (TPSA) is 67.8 Å². The average molecular weight is 408 g/mol. The molecule has 0 bridgehead atoms. The molecule has 0 atom stereocenters. The van der Waals surface area contributed by atoms with Gasteiger partial charge in [-0.2, -0.15) is 0 Å². The number of hydrogen-bond acceptors (Lipinski definition) is 4. The predicted octanol–water partition coefficient (Wildman–Crippen LogP) is 1.80. The minimum atomic E-state index is -0.244. The van der Waals surface area contributed by atoms with Crippen molar-refractivity contribution in [1.29, 1.82) is 0 Å². The van der Waals surface area contributed by atoms with Gasteiger partial charge in [0.2, 0.25) is 5.88 Å². The van der Waals surface area contributed by atoms with Crippen LogP contribution >= 0.6 is 24.0 Å². The Morgan fingerprint density at radius 2 is 2.00 bits per heavy atom. The number of guanidine groups is 1. The molecule has 120 valence electrons. The highest BCUT2D eigenvalue weighted by Gasteiger charge is 2.16. The summed E-state index contributed by atoms with van der Waals surface area (Å²) in [6, 6.07) is 5.66. The van der Waals surface area contributed by atoms with E-state index in [9.17, 15) is 0 Å². The lowest BCUT2D eigenvalue weighted by atomic mass is 10.1. The number of aliphatic imine (C=N–C) groups is 1. The summed E-state index contributed by atoms with van der Waals surface area (Å²) in [6.07, 6.45) is 0. The van der Waals surface area contributed by atoms with E-state index >= 15 is 0 Å². The molecule has 7 heteroatoms. The van der Waals surface area contributed by atoms with E-state index in [2.05, 4.69) is 20.6 Å². The Morgan fingerprint density at radius 1 is 1.29 bits per heavy atom. The number of aromatic nitrogens is 1. The van der Waals surface area contributed by atoms with Crippen LogP contribution in [0.3, 0.4) is 0 Å². The van der Waals surface area contributed by atoms with E-state index in [4.69, 9.17) is 9.47 Å². The van der Waals surface area contributed by atoms with Crippen LogP contribution < -0.4 is 15.4 Å². The second kappa shape index (κ2) is 9.78. The van der Waals surface area contributed by atoms with E-state index in [0.717, 1.165) is 5.69 Å². The van der Waals surface area contributed by atoms with Crippen LogP contribution in [0, 0.1) is 0 Å². The Kier molecular flexibility index (Phi) is 9.27. The fourth-order valence-electron chi connectivity index (χ4n) is 1.43. The number of halogens is 1. The summed E-state index contributed by atoms with van der Waals surface area (Å²) < 4.78 is 10.4. The zero-order valence-corrected chi connectivity index (χ0v) is 15.6. The van der Waals surface area contributed by atoms with Crippen molar-refractivity contribution in [2.24, 2.45) is 4.99 Å². The maximum absolute atomic E-state index is 5.35. The molecule has 1 rings (SSSR count). The minimum Gasteiger partial charge on any atom is -0.481 e. The van der Waals surface area contributed by atoms with Crippen LogP contribution in [0.4, 0.5) is 0 Å². The molecule has 0 spiro atoms. The van der Waals surface area contributed by atoms with Crippen LogP contribution in [0.2, 0.25) is 0 Å². The molecule has 1 heterocycles. The van der Waals surface area contributed by atoms with Crippen molar-refractivity contribution in [3.8, 4) is 5.88 Å². The molecule has 0 unspecified atom stereocenters. The van der Waals surface area contributed by atoms with Crippen LogP contribution in [0.1, 0.15) is 19.5 Å². The van der Waals surface area contributed by atoms with Crippen molar-refractivity contribution < 1.29 is 9.47 Å². The molecule has 0 aromatic carbocycles. The molecule has 1 aromatic heterocycles. The van der Waals surface area contributed by atoms with Gasteiger partial charge < -0.3 is 20.1 Å². The van der Waals surface area contributed by atoms with Crippen molar-refractivity contribution in [3.05, 3.63) is 23.9 Å².